The molecule has 1 heterocycles. The van der Waals surface area contributed by atoms with E-state index in [0.717, 1.165) is 18.4 Å². The molecule has 1 unspecified atom stereocenters. The molecule has 0 aliphatic rings. The quantitative estimate of drug-likeness (QED) is 0.795. The first-order chi connectivity index (χ1) is 8.02. The number of aromatic nitrogens is 1. The van der Waals surface area contributed by atoms with Crippen LogP contribution in [0.5, 0.6) is 0 Å². The molecule has 4 nitrogen and oxygen atoms in total. The number of carbonyl (C=O) groups is 1. The first-order valence-electron chi connectivity index (χ1n) is 5.70. The van der Waals surface area contributed by atoms with E-state index in [1.165, 1.54) is 0 Å². The average Bonchev–Trinajstić information content (AvgIpc) is 2.22. The zero-order valence-electron chi connectivity index (χ0n) is 10.2. The molecule has 0 saturated heterocycles. The second kappa shape index (κ2) is 6.57. The van der Waals surface area contributed by atoms with Crippen molar-refractivity contribution in [2.45, 2.75) is 39.2 Å². The molecular formula is C12H18ClN3O. The third kappa shape index (κ3) is 4.71. The van der Waals surface area contributed by atoms with Crippen LogP contribution < -0.4 is 11.1 Å². The summed E-state index contributed by atoms with van der Waals surface area (Å²) in [7, 11) is 0. The number of hydrogen-bond donors (Lipinski definition) is 2. The summed E-state index contributed by atoms with van der Waals surface area (Å²) in [6.45, 7) is 3.92. The summed E-state index contributed by atoms with van der Waals surface area (Å²) in [6, 6.07) is 1.63. The Labute approximate surface area is 107 Å². The molecular weight excluding hydrogens is 238 g/mol. The fourth-order valence-corrected chi connectivity index (χ4v) is 1.78. The first-order valence-corrected chi connectivity index (χ1v) is 6.08. The van der Waals surface area contributed by atoms with E-state index in [1.807, 2.05) is 13.8 Å². The van der Waals surface area contributed by atoms with Gasteiger partial charge in [0.15, 0.2) is 0 Å². The van der Waals surface area contributed by atoms with Crippen molar-refractivity contribution in [3.05, 3.63) is 23.0 Å². The predicted octanol–water partition coefficient (Wildman–Crippen LogP) is 2.50. The molecule has 0 spiro atoms. The summed E-state index contributed by atoms with van der Waals surface area (Å²) >= 11 is 5.74. The van der Waals surface area contributed by atoms with Crippen molar-refractivity contribution >= 4 is 23.2 Å². The lowest BCUT2D eigenvalue weighted by molar-refractivity contribution is -0.116. The smallest absolute Gasteiger partial charge is 0.225 e. The Morgan fingerprint density at radius 3 is 2.94 bits per heavy atom. The highest BCUT2D eigenvalue weighted by Crippen LogP contribution is 2.17. The lowest BCUT2D eigenvalue weighted by Gasteiger charge is -2.11. The van der Waals surface area contributed by atoms with Crippen molar-refractivity contribution in [3.63, 3.8) is 0 Å². The average molecular weight is 256 g/mol. The summed E-state index contributed by atoms with van der Waals surface area (Å²) < 4.78 is 0. The molecule has 3 N–H and O–H groups in total. The highest BCUT2D eigenvalue weighted by molar-refractivity contribution is 6.29. The first kappa shape index (κ1) is 13.9. The predicted molar refractivity (Wildman–Crippen MR) is 70.1 cm³/mol. The van der Waals surface area contributed by atoms with Crippen LogP contribution >= 0.6 is 11.6 Å². The van der Waals surface area contributed by atoms with Gasteiger partial charge in [-0.2, -0.15) is 0 Å². The molecule has 0 radical (unpaired) electrons. The maximum absolute atomic E-state index is 11.7. The fourth-order valence-electron chi connectivity index (χ4n) is 1.56. The van der Waals surface area contributed by atoms with Crippen molar-refractivity contribution in [2.75, 3.05) is 5.32 Å². The highest BCUT2D eigenvalue weighted by Gasteiger charge is 2.10. The molecule has 94 valence electrons. The van der Waals surface area contributed by atoms with Crippen LogP contribution in [-0.2, 0) is 4.79 Å². The maximum Gasteiger partial charge on any atom is 0.225 e. The Morgan fingerprint density at radius 1 is 1.65 bits per heavy atom. The van der Waals surface area contributed by atoms with E-state index in [9.17, 15) is 4.79 Å². The van der Waals surface area contributed by atoms with Crippen molar-refractivity contribution in [1.82, 2.24) is 4.98 Å². The Kier molecular flexibility index (Phi) is 5.38. The van der Waals surface area contributed by atoms with E-state index >= 15 is 0 Å². The van der Waals surface area contributed by atoms with Gasteiger partial charge < -0.3 is 11.1 Å². The molecule has 0 aliphatic carbocycles. The Bertz CT molecular complexity index is 395. The third-order valence-corrected chi connectivity index (χ3v) is 2.67. The number of nitrogens with two attached hydrogens (primary N) is 1. The topological polar surface area (TPSA) is 68.0 Å². The van der Waals surface area contributed by atoms with E-state index in [-0.39, 0.29) is 11.9 Å². The van der Waals surface area contributed by atoms with Gasteiger partial charge >= 0.3 is 0 Å². The Morgan fingerprint density at radius 2 is 2.35 bits per heavy atom. The number of hydrogen-bond acceptors (Lipinski definition) is 3. The van der Waals surface area contributed by atoms with Gasteiger partial charge in [0.05, 0.1) is 11.9 Å². The van der Waals surface area contributed by atoms with Crippen LogP contribution in [0.1, 0.15) is 31.7 Å². The number of halogens is 1. The molecule has 1 amide bonds. The monoisotopic (exact) mass is 255 g/mol. The van der Waals surface area contributed by atoms with Crippen molar-refractivity contribution in [2.24, 2.45) is 5.73 Å². The Hall–Kier alpha value is -1.13. The number of pyridine rings is 1. The summed E-state index contributed by atoms with van der Waals surface area (Å²) in [6.07, 6.45) is 3.72. The van der Waals surface area contributed by atoms with Crippen LogP contribution in [0.4, 0.5) is 5.69 Å². The molecule has 0 saturated carbocycles. The van der Waals surface area contributed by atoms with E-state index in [4.69, 9.17) is 17.3 Å². The molecule has 1 aromatic heterocycles. The fraction of sp³-hybridized carbons (Fsp3) is 0.500. The second-order valence-electron chi connectivity index (χ2n) is 4.12. The molecule has 1 aromatic rings. The number of nitrogens with one attached hydrogen (secondary N) is 1. The van der Waals surface area contributed by atoms with Gasteiger partial charge in [0.25, 0.3) is 0 Å². The van der Waals surface area contributed by atoms with E-state index < -0.39 is 0 Å². The maximum atomic E-state index is 11.7. The summed E-state index contributed by atoms with van der Waals surface area (Å²) in [5.74, 6) is -0.0850. The molecule has 0 aromatic carbocycles. The molecule has 1 atom stereocenters. The molecule has 1 rings (SSSR count). The summed E-state index contributed by atoms with van der Waals surface area (Å²) in [4.78, 5) is 15.6. The lowest BCUT2D eigenvalue weighted by atomic mass is 10.1. The molecule has 0 aliphatic heterocycles. The number of carbonyl (C=O) groups excluding carboxylic acids is 1. The molecule has 17 heavy (non-hydrogen) atoms. The molecule has 0 fully saturated rings. The zero-order chi connectivity index (χ0) is 12.8. The van der Waals surface area contributed by atoms with Crippen LogP contribution in [0.3, 0.4) is 0 Å². The Balaban J connectivity index is 2.56. The number of anilines is 1. The number of amides is 1. The zero-order valence-corrected chi connectivity index (χ0v) is 10.9. The largest absolute Gasteiger partial charge is 0.327 e. The lowest BCUT2D eigenvalue weighted by Crippen LogP contribution is -2.27. The van der Waals surface area contributed by atoms with Crippen LogP contribution in [0, 0.1) is 6.92 Å². The van der Waals surface area contributed by atoms with Crippen molar-refractivity contribution in [3.8, 4) is 0 Å². The third-order valence-electron chi connectivity index (χ3n) is 2.46. The molecule has 0 bridgehead atoms. The van der Waals surface area contributed by atoms with Crippen LogP contribution in [0.25, 0.3) is 0 Å². The normalized spacial score (nSPS) is 12.2. The van der Waals surface area contributed by atoms with Gasteiger partial charge in [-0.1, -0.05) is 24.9 Å². The summed E-state index contributed by atoms with van der Waals surface area (Å²) in [5, 5.41) is 3.21. The van der Waals surface area contributed by atoms with Gasteiger partial charge in [-0.3, -0.25) is 4.79 Å². The SMILES string of the molecule is CCCC(N)CC(=O)Nc1cnc(Cl)cc1C. The van der Waals surface area contributed by atoms with E-state index in [1.54, 1.807) is 12.3 Å². The molecule has 5 heteroatoms. The van der Waals surface area contributed by atoms with Gasteiger partial charge in [0.1, 0.15) is 5.15 Å². The van der Waals surface area contributed by atoms with Crippen LogP contribution in [0.2, 0.25) is 5.15 Å². The number of rotatable bonds is 5. The number of aryl methyl sites for hydroxylation is 1. The van der Waals surface area contributed by atoms with Gasteiger partial charge in [-0.15, -0.1) is 0 Å². The van der Waals surface area contributed by atoms with E-state index in [0.29, 0.717) is 17.3 Å². The number of nitrogens with zero attached hydrogens (tertiary/aromatic N) is 1. The van der Waals surface area contributed by atoms with Gasteiger partial charge in [0, 0.05) is 12.5 Å². The highest BCUT2D eigenvalue weighted by atomic mass is 35.5. The minimum atomic E-state index is -0.0850. The van der Waals surface area contributed by atoms with Crippen LogP contribution in [-0.4, -0.2) is 16.9 Å². The van der Waals surface area contributed by atoms with E-state index in [2.05, 4.69) is 10.3 Å². The minimum absolute atomic E-state index is 0.0828. The van der Waals surface area contributed by atoms with Crippen molar-refractivity contribution in [1.29, 1.82) is 0 Å². The van der Waals surface area contributed by atoms with Gasteiger partial charge in [0.2, 0.25) is 5.91 Å². The van der Waals surface area contributed by atoms with Gasteiger partial charge in [-0.25, -0.2) is 4.98 Å². The standard InChI is InChI=1S/C12H18ClN3O/c1-3-4-9(14)6-12(17)16-10-7-15-11(13)5-8(10)2/h5,7,9H,3-4,6,14H2,1-2H3,(H,16,17). The summed E-state index contributed by atoms with van der Waals surface area (Å²) in [5.41, 5.74) is 7.38. The minimum Gasteiger partial charge on any atom is -0.327 e. The second-order valence-corrected chi connectivity index (χ2v) is 4.51. The van der Waals surface area contributed by atoms with Gasteiger partial charge in [-0.05, 0) is 25.0 Å². The van der Waals surface area contributed by atoms with Crippen LogP contribution in [0.15, 0.2) is 12.3 Å². The van der Waals surface area contributed by atoms with Crippen molar-refractivity contribution < 1.29 is 4.79 Å².